The first-order chi connectivity index (χ1) is 6.40. The molecular formula is C11H10BrS. The minimum absolute atomic E-state index is 0.217. The summed E-state index contributed by atoms with van der Waals surface area (Å²) in [7, 11) is 0.217. The summed E-state index contributed by atoms with van der Waals surface area (Å²) in [6.45, 7) is 0. The Morgan fingerprint density at radius 2 is 2.15 bits per heavy atom. The van der Waals surface area contributed by atoms with Gasteiger partial charge < -0.3 is 0 Å². The summed E-state index contributed by atoms with van der Waals surface area (Å²) >= 11 is 3.46. The molecule has 0 aromatic heterocycles. The molecule has 1 heterocycles. The van der Waals surface area contributed by atoms with E-state index in [1.165, 1.54) is 11.1 Å². The molecule has 0 saturated carbocycles. The van der Waals surface area contributed by atoms with Crippen LogP contribution in [0.25, 0.3) is 6.08 Å². The van der Waals surface area contributed by atoms with Crippen LogP contribution in [0.15, 0.2) is 29.7 Å². The van der Waals surface area contributed by atoms with Crippen molar-refractivity contribution in [2.24, 2.45) is 0 Å². The van der Waals surface area contributed by atoms with Crippen LogP contribution >= 0.6 is 26.4 Å². The molecule has 0 aliphatic carbocycles. The fraction of sp³-hybridized carbons (Fsp3) is 0.182. The van der Waals surface area contributed by atoms with Crippen molar-refractivity contribution in [2.45, 2.75) is 0 Å². The maximum atomic E-state index is 3.51. The van der Waals surface area contributed by atoms with Crippen molar-refractivity contribution in [3.8, 4) is 0 Å². The van der Waals surface area contributed by atoms with Crippen LogP contribution in [-0.2, 0) is 0 Å². The van der Waals surface area contributed by atoms with Gasteiger partial charge in [-0.15, -0.1) is 0 Å². The molecule has 0 fully saturated rings. The Bertz CT molecular complexity index is 366. The van der Waals surface area contributed by atoms with E-state index in [0.717, 1.165) is 11.1 Å². The Balaban J connectivity index is 2.34. The van der Waals surface area contributed by atoms with Gasteiger partial charge in [0, 0.05) is 16.5 Å². The number of halogens is 1. The standard InChI is InChI=1S/C11H10BrS/c12-6-8-13-7-5-10-3-1-2-4-11(10)9-13/h1-5,7H,6,8H2. The van der Waals surface area contributed by atoms with E-state index in [4.69, 9.17) is 0 Å². The average Bonchev–Trinajstić information content (AvgIpc) is 2.18. The summed E-state index contributed by atoms with van der Waals surface area (Å²) < 4.78 is 0. The molecule has 0 amide bonds. The van der Waals surface area contributed by atoms with E-state index in [9.17, 15) is 0 Å². The van der Waals surface area contributed by atoms with Gasteiger partial charge in [0.2, 0.25) is 0 Å². The molecule has 67 valence electrons. The summed E-state index contributed by atoms with van der Waals surface area (Å²) in [5.41, 5.74) is 2.55. The van der Waals surface area contributed by atoms with E-state index in [1.54, 1.807) is 0 Å². The molecule has 0 spiro atoms. The molecule has 0 bridgehead atoms. The van der Waals surface area contributed by atoms with Gasteiger partial charge in [-0.2, -0.15) is 10.5 Å². The van der Waals surface area contributed by atoms with E-state index in [-0.39, 0.29) is 10.5 Å². The van der Waals surface area contributed by atoms with E-state index < -0.39 is 0 Å². The Morgan fingerprint density at radius 3 is 3.00 bits per heavy atom. The summed E-state index contributed by atoms with van der Waals surface area (Å²) in [6.07, 6.45) is 2.21. The largest absolute Gasteiger partial charge is 0.152 e. The highest BCUT2D eigenvalue weighted by Crippen LogP contribution is 2.25. The maximum absolute atomic E-state index is 3.51. The normalized spacial score (nSPS) is 19.3. The molecule has 1 aliphatic heterocycles. The zero-order valence-corrected chi connectivity index (χ0v) is 9.57. The van der Waals surface area contributed by atoms with E-state index in [1.807, 2.05) is 0 Å². The molecular weight excluding hydrogens is 244 g/mol. The van der Waals surface area contributed by atoms with Crippen LogP contribution in [0.2, 0.25) is 0 Å². The number of fused-ring (bicyclic) bond motifs is 1. The van der Waals surface area contributed by atoms with Gasteiger partial charge in [0.25, 0.3) is 0 Å². The van der Waals surface area contributed by atoms with Gasteiger partial charge in [-0.3, -0.25) is 0 Å². The fourth-order valence-corrected chi connectivity index (χ4v) is 3.57. The lowest BCUT2D eigenvalue weighted by atomic mass is 10.1. The monoisotopic (exact) mass is 253 g/mol. The van der Waals surface area contributed by atoms with Crippen LogP contribution in [0, 0.1) is 0 Å². The molecule has 1 unspecified atom stereocenters. The van der Waals surface area contributed by atoms with Crippen LogP contribution < -0.4 is 0 Å². The lowest BCUT2D eigenvalue weighted by Gasteiger charge is -2.09. The second-order valence-corrected chi connectivity index (χ2v) is 5.35. The number of hydrogen-bond acceptors (Lipinski definition) is 0. The number of alkyl halides is 1. The smallest absolute Gasteiger partial charge is 0.0234 e. The number of hydrogen-bond donors (Lipinski definition) is 0. The predicted octanol–water partition coefficient (Wildman–Crippen LogP) is 3.36. The quantitative estimate of drug-likeness (QED) is 0.560. The van der Waals surface area contributed by atoms with Crippen LogP contribution in [-0.4, -0.2) is 16.5 Å². The van der Waals surface area contributed by atoms with Crippen molar-refractivity contribution in [2.75, 3.05) is 11.1 Å². The summed E-state index contributed by atoms with van der Waals surface area (Å²) in [6, 6.07) is 8.40. The van der Waals surface area contributed by atoms with Gasteiger partial charge >= 0.3 is 0 Å². The average molecular weight is 254 g/mol. The third-order valence-corrected chi connectivity index (χ3v) is 4.42. The summed E-state index contributed by atoms with van der Waals surface area (Å²) in [4.78, 5) is 0. The number of benzene rings is 1. The maximum Gasteiger partial charge on any atom is 0.0234 e. The van der Waals surface area contributed by atoms with Crippen molar-refractivity contribution < 1.29 is 0 Å². The van der Waals surface area contributed by atoms with Crippen molar-refractivity contribution in [3.63, 3.8) is 0 Å². The second-order valence-electron chi connectivity index (χ2n) is 2.81. The highest BCUT2D eigenvalue weighted by molar-refractivity contribution is 9.09. The molecule has 1 aliphatic rings. The number of rotatable bonds is 2. The topological polar surface area (TPSA) is 0 Å². The third kappa shape index (κ3) is 2.12. The van der Waals surface area contributed by atoms with Gasteiger partial charge in [-0.05, 0) is 22.6 Å². The Morgan fingerprint density at radius 1 is 1.31 bits per heavy atom. The Hall–Kier alpha value is -0.340. The minimum Gasteiger partial charge on any atom is -0.152 e. The molecule has 2 rings (SSSR count). The van der Waals surface area contributed by atoms with Gasteiger partial charge in [-0.1, -0.05) is 40.2 Å². The molecule has 13 heavy (non-hydrogen) atoms. The van der Waals surface area contributed by atoms with E-state index >= 15 is 0 Å². The van der Waals surface area contributed by atoms with Crippen molar-refractivity contribution in [1.82, 2.24) is 0 Å². The second kappa shape index (κ2) is 4.25. The van der Waals surface area contributed by atoms with Gasteiger partial charge in [0.15, 0.2) is 0 Å². The van der Waals surface area contributed by atoms with Crippen molar-refractivity contribution in [1.29, 1.82) is 0 Å². The van der Waals surface area contributed by atoms with Crippen molar-refractivity contribution >= 4 is 37.9 Å². The van der Waals surface area contributed by atoms with Gasteiger partial charge in [-0.25, -0.2) is 0 Å². The van der Waals surface area contributed by atoms with Crippen LogP contribution in [0.1, 0.15) is 11.1 Å². The van der Waals surface area contributed by atoms with Gasteiger partial charge in [0.1, 0.15) is 0 Å². The molecule has 1 aromatic carbocycles. The van der Waals surface area contributed by atoms with Crippen LogP contribution in [0.4, 0.5) is 0 Å². The molecule has 0 nitrogen and oxygen atoms in total. The van der Waals surface area contributed by atoms with Crippen LogP contribution in [0.3, 0.4) is 0 Å². The first kappa shape index (κ1) is 9.22. The summed E-state index contributed by atoms with van der Waals surface area (Å²) in [5.74, 6) is 1.16. The fourth-order valence-electron chi connectivity index (χ4n) is 1.27. The zero-order chi connectivity index (χ0) is 9.10. The van der Waals surface area contributed by atoms with E-state index in [2.05, 4.69) is 57.0 Å². The molecule has 0 saturated heterocycles. The zero-order valence-electron chi connectivity index (χ0n) is 7.16. The van der Waals surface area contributed by atoms with Crippen LogP contribution in [0.5, 0.6) is 0 Å². The molecule has 2 heteroatoms. The molecule has 0 N–H and O–H groups in total. The molecule has 1 radical (unpaired) electrons. The lowest BCUT2D eigenvalue weighted by molar-refractivity contribution is 1.58. The first-order valence-electron chi connectivity index (χ1n) is 4.20. The van der Waals surface area contributed by atoms with Gasteiger partial charge in [0.05, 0.1) is 0 Å². The van der Waals surface area contributed by atoms with E-state index in [0.29, 0.717) is 0 Å². The minimum atomic E-state index is 0.217. The SMILES string of the molecule is BrCCS1=[C]c2ccccc2C=C1. The van der Waals surface area contributed by atoms with Crippen molar-refractivity contribution in [3.05, 3.63) is 40.8 Å². The Labute approximate surface area is 89.7 Å². The third-order valence-electron chi connectivity index (χ3n) is 1.91. The Kier molecular flexibility index (Phi) is 3.01. The predicted molar refractivity (Wildman–Crippen MR) is 65.8 cm³/mol. The highest BCUT2D eigenvalue weighted by atomic mass is 79.9. The lowest BCUT2D eigenvalue weighted by Crippen LogP contribution is -1.93. The summed E-state index contributed by atoms with van der Waals surface area (Å²) in [5, 5.41) is 6.81. The molecule has 1 aromatic rings. The first-order valence-corrected chi connectivity index (χ1v) is 6.77. The molecule has 1 atom stereocenters. The highest BCUT2D eigenvalue weighted by Gasteiger charge is 2.02.